The van der Waals surface area contributed by atoms with Crippen LogP contribution in [0.5, 0.6) is 0 Å². The molecule has 102 valence electrons. The highest BCUT2D eigenvalue weighted by Gasteiger charge is 2.14. The van der Waals surface area contributed by atoms with E-state index in [1.54, 1.807) is 24.0 Å². The molecule has 0 saturated heterocycles. The Balaban J connectivity index is 2.11. The lowest BCUT2D eigenvalue weighted by Crippen LogP contribution is -2.00. The van der Waals surface area contributed by atoms with Crippen molar-refractivity contribution in [2.24, 2.45) is 7.05 Å². The van der Waals surface area contributed by atoms with Gasteiger partial charge in [-0.05, 0) is 18.2 Å². The van der Waals surface area contributed by atoms with Gasteiger partial charge in [0, 0.05) is 19.3 Å². The van der Waals surface area contributed by atoms with E-state index >= 15 is 0 Å². The summed E-state index contributed by atoms with van der Waals surface area (Å²) in [5.41, 5.74) is 7.62. The number of nitrogens with zero attached hydrogens (tertiary/aromatic N) is 4. The molecule has 3 rings (SSSR count). The predicted octanol–water partition coefficient (Wildman–Crippen LogP) is 2.13. The Hall–Kier alpha value is -2.70. The second-order valence-corrected chi connectivity index (χ2v) is 4.31. The van der Waals surface area contributed by atoms with E-state index < -0.39 is 11.6 Å². The van der Waals surface area contributed by atoms with E-state index in [9.17, 15) is 8.78 Å². The van der Waals surface area contributed by atoms with E-state index in [4.69, 9.17) is 5.73 Å². The highest BCUT2D eigenvalue weighted by molar-refractivity contribution is 5.69. The SMILES string of the molecule is Cn1nccc1-c1nn(-c2ccc(F)cc2F)cc1N. The van der Waals surface area contributed by atoms with Crippen molar-refractivity contribution in [2.45, 2.75) is 0 Å². The van der Waals surface area contributed by atoms with Gasteiger partial charge in [-0.2, -0.15) is 10.2 Å². The van der Waals surface area contributed by atoms with Crippen LogP contribution in [0, 0.1) is 11.6 Å². The summed E-state index contributed by atoms with van der Waals surface area (Å²) in [6.45, 7) is 0. The molecule has 0 spiro atoms. The summed E-state index contributed by atoms with van der Waals surface area (Å²) in [5.74, 6) is -1.35. The molecule has 0 amide bonds. The van der Waals surface area contributed by atoms with Crippen molar-refractivity contribution in [3.8, 4) is 17.1 Å². The van der Waals surface area contributed by atoms with Crippen LogP contribution in [0.3, 0.4) is 0 Å². The van der Waals surface area contributed by atoms with Gasteiger partial charge in [-0.3, -0.25) is 4.68 Å². The number of hydrogen-bond acceptors (Lipinski definition) is 3. The molecule has 0 saturated carbocycles. The molecule has 2 N–H and O–H groups in total. The largest absolute Gasteiger partial charge is 0.396 e. The number of halogens is 2. The van der Waals surface area contributed by atoms with Crippen LogP contribution in [0.1, 0.15) is 0 Å². The third-order valence-electron chi connectivity index (χ3n) is 2.96. The molecule has 0 bridgehead atoms. The monoisotopic (exact) mass is 275 g/mol. The Morgan fingerprint density at radius 1 is 1.20 bits per heavy atom. The average Bonchev–Trinajstić information content (AvgIpc) is 2.95. The van der Waals surface area contributed by atoms with Crippen molar-refractivity contribution >= 4 is 5.69 Å². The first-order chi connectivity index (χ1) is 9.56. The number of nitrogens with two attached hydrogens (primary N) is 1. The molecule has 7 heteroatoms. The van der Waals surface area contributed by atoms with E-state index in [1.807, 2.05) is 0 Å². The second-order valence-electron chi connectivity index (χ2n) is 4.31. The van der Waals surface area contributed by atoms with Crippen LogP contribution in [0.2, 0.25) is 0 Å². The van der Waals surface area contributed by atoms with Crippen LogP contribution in [0.15, 0.2) is 36.7 Å². The van der Waals surface area contributed by atoms with Crippen LogP contribution in [-0.4, -0.2) is 19.6 Å². The first-order valence-corrected chi connectivity index (χ1v) is 5.85. The van der Waals surface area contributed by atoms with Crippen molar-refractivity contribution in [1.29, 1.82) is 0 Å². The van der Waals surface area contributed by atoms with Gasteiger partial charge >= 0.3 is 0 Å². The number of hydrogen-bond donors (Lipinski definition) is 1. The second kappa shape index (κ2) is 4.44. The molecule has 2 aromatic heterocycles. The van der Waals surface area contributed by atoms with Gasteiger partial charge in [0.1, 0.15) is 17.2 Å². The quantitative estimate of drug-likeness (QED) is 0.779. The Morgan fingerprint density at radius 2 is 2.00 bits per heavy atom. The maximum absolute atomic E-state index is 13.7. The minimum Gasteiger partial charge on any atom is -0.396 e. The topological polar surface area (TPSA) is 61.7 Å². The molecule has 1 aromatic carbocycles. The highest BCUT2D eigenvalue weighted by atomic mass is 19.1. The molecule has 0 unspecified atom stereocenters. The summed E-state index contributed by atoms with van der Waals surface area (Å²) >= 11 is 0. The molecule has 0 aliphatic rings. The Labute approximate surface area is 113 Å². The van der Waals surface area contributed by atoms with Gasteiger partial charge in [0.2, 0.25) is 0 Å². The van der Waals surface area contributed by atoms with Crippen LogP contribution in [-0.2, 0) is 7.05 Å². The summed E-state index contributed by atoms with van der Waals surface area (Å²) < 4.78 is 29.6. The molecular formula is C13H11F2N5. The third-order valence-corrected chi connectivity index (χ3v) is 2.96. The van der Waals surface area contributed by atoms with E-state index in [2.05, 4.69) is 10.2 Å². The molecule has 0 aliphatic heterocycles. The average molecular weight is 275 g/mol. The van der Waals surface area contributed by atoms with Crippen molar-refractivity contribution < 1.29 is 8.78 Å². The molecule has 3 aromatic rings. The fourth-order valence-corrected chi connectivity index (χ4v) is 1.98. The van der Waals surface area contributed by atoms with Gasteiger partial charge < -0.3 is 5.73 Å². The zero-order valence-corrected chi connectivity index (χ0v) is 10.6. The predicted molar refractivity (Wildman–Crippen MR) is 70.1 cm³/mol. The smallest absolute Gasteiger partial charge is 0.151 e. The van der Waals surface area contributed by atoms with Crippen LogP contribution >= 0.6 is 0 Å². The normalized spacial score (nSPS) is 10.9. The fourth-order valence-electron chi connectivity index (χ4n) is 1.98. The van der Waals surface area contributed by atoms with Crippen LogP contribution in [0.4, 0.5) is 14.5 Å². The molecular weight excluding hydrogens is 264 g/mol. The number of anilines is 1. The summed E-state index contributed by atoms with van der Waals surface area (Å²) in [6.07, 6.45) is 3.10. The van der Waals surface area contributed by atoms with Crippen LogP contribution < -0.4 is 5.73 Å². The molecule has 5 nitrogen and oxygen atoms in total. The summed E-state index contributed by atoms with van der Waals surface area (Å²) in [6, 6.07) is 5.03. The lowest BCUT2D eigenvalue weighted by Gasteiger charge is -2.02. The number of benzene rings is 1. The Bertz CT molecular complexity index is 775. The maximum Gasteiger partial charge on any atom is 0.151 e. The fraction of sp³-hybridized carbons (Fsp3) is 0.0769. The lowest BCUT2D eigenvalue weighted by atomic mass is 10.3. The molecule has 0 atom stereocenters. The standard InChI is InChI=1S/C13H11F2N5/c1-19-12(4-5-17-19)13-10(16)7-20(18-13)11-3-2-8(14)6-9(11)15/h2-7H,16H2,1H3. The molecule has 20 heavy (non-hydrogen) atoms. The van der Waals surface area contributed by atoms with Gasteiger partial charge in [0.15, 0.2) is 5.82 Å². The number of aromatic nitrogens is 4. The molecule has 0 fully saturated rings. The van der Waals surface area contributed by atoms with Crippen molar-refractivity contribution in [2.75, 3.05) is 5.73 Å². The van der Waals surface area contributed by atoms with E-state index in [-0.39, 0.29) is 5.69 Å². The zero-order valence-electron chi connectivity index (χ0n) is 10.6. The van der Waals surface area contributed by atoms with E-state index in [0.717, 1.165) is 6.07 Å². The van der Waals surface area contributed by atoms with Crippen molar-refractivity contribution in [1.82, 2.24) is 19.6 Å². The summed E-state index contributed by atoms with van der Waals surface area (Å²) in [4.78, 5) is 0. The molecule has 0 radical (unpaired) electrons. The highest BCUT2D eigenvalue weighted by Crippen LogP contribution is 2.25. The first kappa shape index (κ1) is 12.3. The number of aryl methyl sites for hydroxylation is 1. The summed E-state index contributed by atoms with van der Waals surface area (Å²) in [5, 5.41) is 8.28. The minimum atomic E-state index is -0.705. The van der Waals surface area contributed by atoms with Gasteiger partial charge in [-0.25, -0.2) is 13.5 Å². The Kier molecular flexibility index (Phi) is 2.74. The zero-order chi connectivity index (χ0) is 14.3. The molecule has 2 heterocycles. The number of nitrogen functional groups attached to an aromatic ring is 1. The van der Waals surface area contributed by atoms with Crippen molar-refractivity contribution in [3.05, 3.63) is 48.3 Å². The van der Waals surface area contributed by atoms with Gasteiger partial charge in [-0.1, -0.05) is 0 Å². The van der Waals surface area contributed by atoms with Gasteiger partial charge in [0.05, 0.1) is 17.6 Å². The van der Waals surface area contributed by atoms with Gasteiger partial charge in [-0.15, -0.1) is 0 Å². The molecule has 0 aliphatic carbocycles. The van der Waals surface area contributed by atoms with Crippen LogP contribution in [0.25, 0.3) is 17.1 Å². The summed E-state index contributed by atoms with van der Waals surface area (Å²) in [7, 11) is 1.76. The van der Waals surface area contributed by atoms with Crippen molar-refractivity contribution in [3.63, 3.8) is 0 Å². The maximum atomic E-state index is 13.7. The third kappa shape index (κ3) is 1.93. The lowest BCUT2D eigenvalue weighted by molar-refractivity contribution is 0.574. The van der Waals surface area contributed by atoms with E-state index in [1.165, 1.54) is 23.0 Å². The Morgan fingerprint density at radius 3 is 2.65 bits per heavy atom. The number of rotatable bonds is 2. The minimum absolute atomic E-state index is 0.131. The first-order valence-electron chi connectivity index (χ1n) is 5.85. The van der Waals surface area contributed by atoms with E-state index in [0.29, 0.717) is 17.1 Å². The van der Waals surface area contributed by atoms with Gasteiger partial charge in [0.25, 0.3) is 0 Å².